The fraction of sp³-hybridized carbons (Fsp3) is 0.161. The van der Waals surface area contributed by atoms with Crippen molar-refractivity contribution >= 4 is 28.5 Å². The van der Waals surface area contributed by atoms with E-state index >= 15 is 0 Å². The van der Waals surface area contributed by atoms with Crippen LogP contribution < -0.4 is 24.8 Å². The van der Waals surface area contributed by atoms with Crippen LogP contribution in [0.25, 0.3) is 22.0 Å². The number of fused-ring (bicyclic) bond motifs is 2. The van der Waals surface area contributed by atoms with E-state index in [0.29, 0.717) is 39.7 Å². The highest BCUT2D eigenvalue weighted by atomic mass is 19.1. The summed E-state index contributed by atoms with van der Waals surface area (Å²) in [7, 11) is 1.52. The first-order valence-corrected chi connectivity index (χ1v) is 13.1. The van der Waals surface area contributed by atoms with Gasteiger partial charge in [0, 0.05) is 49.6 Å². The second-order valence-corrected chi connectivity index (χ2v) is 9.32. The van der Waals surface area contributed by atoms with E-state index in [9.17, 15) is 14.0 Å². The Balaban J connectivity index is 0.000000513. The summed E-state index contributed by atoms with van der Waals surface area (Å²) >= 11 is 0. The number of hydrogen-bond donors (Lipinski definition) is 1. The lowest BCUT2D eigenvalue weighted by molar-refractivity contribution is -0.115. The number of imide groups is 1. The molecule has 0 atom stereocenters. The molecule has 0 fully saturated rings. The number of imidazole rings is 1. The first-order valence-electron chi connectivity index (χ1n) is 13.1. The van der Waals surface area contributed by atoms with Gasteiger partial charge in [0.2, 0.25) is 5.91 Å². The quantitative estimate of drug-likeness (QED) is 0.214. The summed E-state index contributed by atoms with van der Waals surface area (Å²) in [5, 5.41) is 0.575. The Kier molecular flexibility index (Phi) is 8.28. The van der Waals surface area contributed by atoms with Crippen molar-refractivity contribution in [3.05, 3.63) is 91.4 Å². The summed E-state index contributed by atoms with van der Waals surface area (Å²) in [5.41, 5.74) is 8.63. The highest BCUT2D eigenvalue weighted by Crippen LogP contribution is 2.38. The topological polar surface area (TPSA) is 122 Å². The molecule has 2 aromatic carbocycles. The van der Waals surface area contributed by atoms with Crippen LogP contribution in [0.4, 0.5) is 14.9 Å². The van der Waals surface area contributed by atoms with Crippen LogP contribution >= 0.6 is 0 Å². The number of aryl methyl sites for hydroxylation is 1. The van der Waals surface area contributed by atoms with Crippen molar-refractivity contribution in [3.63, 3.8) is 0 Å². The Hall–Kier alpha value is -5.45. The van der Waals surface area contributed by atoms with E-state index in [0.717, 1.165) is 26.0 Å². The Morgan fingerprint density at radius 2 is 1.79 bits per heavy atom. The van der Waals surface area contributed by atoms with Crippen molar-refractivity contribution < 1.29 is 28.2 Å². The third-order valence-corrected chi connectivity index (χ3v) is 6.41. The number of urea groups is 1. The minimum atomic E-state index is -1.01. The lowest BCUT2D eigenvalue weighted by Gasteiger charge is -2.17. The number of carbonyl (C=O) groups excluding carboxylic acids is 2. The number of pyridine rings is 1. The van der Waals surface area contributed by atoms with Gasteiger partial charge in [0.15, 0.2) is 23.1 Å². The second kappa shape index (κ2) is 12.4. The normalized spacial score (nSPS) is 10.8. The van der Waals surface area contributed by atoms with Crippen LogP contribution in [0.2, 0.25) is 0 Å². The monoisotopic (exact) mass is 569 g/mol. The predicted octanol–water partition coefficient (Wildman–Crippen LogP) is 5.94. The summed E-state index contributed by atoms with van der Waals surface area (Å²) in [4.78, 5) is 32.3. The number of aromatic nitrogens is 3. The zero-order valence-corrected chi connectivity index (χ0v) is 23.0. The van der Waals surface area contributed by atoms with Gasteiger partial charge in [-0.05, 0) is 47.9 Å². The summed E-state index contributed by atoms with van der Waals surface area (Å²) in [6.45, 7) is 2.37. The number of rotatable bonds is 9. The van der Waals surface area contributed by atoms with Gasteiger partial charge in [-0.2, -0.15) is 0 Å². The molecule has 214 valence electrons. The van der Waals surface area contributed by atoms with Gasteiger partial charge < -0.3 is 24.5 Å². The van der Waals surface area contributed by atoms with Crippen molar-refractivity contribution in [1.82, 2.24) is 14.5 Å². The fourth-order valence-corrected chi connectivity index (χ4v) is 4.31. The standard InChI is InChI=1S/C25H24FN5O5.C6H4/c1-16(32)31(25(27)33)17-4-5-22(19(26)12-17)36-21-6-7-29-20-14-24(23(34-2)13-18(20)21)35-11-3-9-30-10-8-28-15-30;1-2-5-4-6(5)3-1/h4-8,10,12-15H,3,9,11H2,1-2H3,(H2,27,33);1-4H. The third-order valence-electron chi connectivity index (χ3n) is 6.41. The molecular weight excluding hydrogens is 541 g/mol. The molecule has 0 radical (unpaired) electrons. The molecule has 42 heavy (non-hydrogen) atoms. The number of nitrogens with zero attached hydrogens (tertiary/aromatic N) is 4. The molecule has 2 aliphatic carbocycles. The van der Waals surface area contributed by atoms with Crippen LogP contribution in [-0.2, 0) is 11.3 Å². The van der Waals surface area contributed by atoms with Gasteiger partial charge in [0.1, 0.15) is 5.75 Å². The van der Waals surface area contributed by atoms with E-state index in [1.54, 1.807) is 30.7 Å². The lowest BCUT2D eigenvalue weighted by atomic mass is 10.1. The zero-order valence-electron chi connectivity index (χ0n) is 23.0. The van der Waals surface area contributed by atoms with Crippen molar-refractivity contribution in [2.24, 2.45) is 5.73 Å². The highest BCUT2D eigenvalue weighted by Gasteiger charge is 2.20. The minimum Gasteiger partial charge on any atom is -0.493 e. The van der Waals surface area contributed by atoms with Crippen LogP contribution in [0.3, 0.4) is 0 Å². The summed E-state index contributed by atoms with van der Waals surface area (Å²) < 4.78 is 34.0. The molecule has 3 amide bonds. The number of amides is 3. The summed E-state index contributed by atoms with van der Waals surface area (Å²) in [6, 6.07) is 16.2. The van der Waals surface area contributed by atoms with Crippen molar-refractivity contribution in [1.29, 1.82) is 0 Å². The largest absolute Gasteiger partial charge is 0.493 e. The maximum absolute atomic E-state index is 14.8. The van der Waals surface area contributed by atoms with Gasteiger partial charge in [-0.1, -0.05) is 18.2 Å². The van der Waals surface area contributed by atoms with Crippen molar-refractivity contribution in [2.45, 2.75) is 19.9 Å². The Bertz CT molecular complexity index is 1710. The Labute approximate surface area is 241 Å². The molecule has 0 spiro atoms. The molecule has 0 aliphatic heterocycles. The number of primary amides is 1. The van der Waals surface area contributed by atoms with Crippen LogP contribution in [0.15, 0.2) is 85.6 Å². The van der Waals surface area contributed by atoms with Crippen LogP contribution in [0.5, 0.6) is 23.0 Å². The molecule has 2 aromatic heterocycles. The molecular formula is C31H28FN5O5. The molecule has 6 rings (SSSR count). The van der Waals surface area contributed by atoms with E-state index in [2.05, 4.69) is 34.2 Å². The molecule has 0 saturated heterocycles. The van der Waals surface area contributed by atoms with Gasteiger partial charge in [0.25, 0.3) is 0 Å². The highest BCUT2D eigenvalue weighted by molar-refractivity contribution is 6.12. The number of anilines is 1. The Morgan fingerprint density at radius 1 is 0.976 bits per heavy atom. The summed E-state index contributed by atoms with van der Waals surface area (Å²) in [6.07, 6.45) is 7.65. The van der Waals surface area contributed by atoms with E-state index in [1.807, 2.05) is 10.8 Å². The van der Waals surface area contributed by atoms with E-state index < -0.39 is 17.8 Å². The fourth-order valence-electron chi connectivity index (χ4n) is 4.31. The average molecular weight is 570 g/mol. The van der Waals surface area contributed by atoms with Crippen LogP contribution in [0.1, 0.15) is 13.3 Å². The molecule has 10 nitrogen and oxygen atoms in total. The number of ether oxygens (including phenoxy) is 3. The maximum Gasteiger partial charge on any atom is 0.326 e. The number of hydrogen-bond acceptors (Lipinski definition) is 7. The minimum absolute atomic E-state index is 0.00376. The van der Waals surface area contributed by atoms with Gasteiger partial charge in [-0.15, -0.1) is 0 Å². The van der Waals surface area contributed by atoms with Gasteiger partial charge >= 0.3 is 6.03 Å². The van der Waals surface area contributed by atoms with Crippen molar-refractivity contribution in [2.75, 3.05) is 18.6 Å². The zero-order chi connectivity index (χ0) is 29.6. The molecule has 2 N–H and O–H groups in total. The number of nitrogens with two attached hydrogens (primary N) is 1. The molecule has 4 aromatic rings. The molecule has 0 saturated carbocycles. The third kappa shape index (κ3) is 6.47. The number of carbonyl (C=O) groups is 2. The van der Waals surface area contributed by atoms with Gasteiger partial charge in [0.05, 0.1) is 31.2 Å². The molecule has 0 bridgehead atoms. The Morgan fingerprint density at radius 3 is 2.38 bits per heavy atom. The first kappa shape index (κ1) is 28.1. The predicted molar refractivity (Wildman–Crippen MR) is 155 cm³/mol. The lowest BCUT2D eigenvalue weighted by Crippen LogP contribution is -2.39. The average Bonchev–Trinajstić information content (AvgIpc) is 3.31. The smallest absolute Gasteiger partial charge is 0.326 e. The molecule has 2 heterocycles. The van der Waals surface area contributed by atoms with E-state index in [-0.39, 0.29) is 11.4 Å². The van der Waals surface area contributed by atoms with Crippen LogP contribution in [0, 0.1) is 5.82 Å². The van der Waals surface area contributed by atoms with Crippen LogP contribution in [-0.4, -0.2) is 40.2 Å². The SMILES string of the molecule is COc1cc2c(Oc3ccc(N(C(C)=O)C(N)=O)cc3F)ccnc2cc1OCCCn1ccnc1.c1cc2cc-2c1. The first-order chi connectivity index (χ1) is 20.3. The van der Waals surface area contributed by atoms with Gasteiger partial charge in [-0.25, -0.2) is 19.1 Å². The van der Waals surface area contributed by atoms with E-state index in [1.165, 1.54) is 36.6 Å². The number of halogens is 1. The van der Waals surface area contributed by atoms with E-state index in [4.69, 9.17) is 19.9 Å². The molecule has 11 heteroatoms. The van der Waals surface area contributed by atoms with Gasteiger partial charge in [-0.3, -0.25) is 9.78 Å². The van der Waals surface area contributed by atoms with Crippen molar-refractivity contribution in [3.8, 4) is 34.1 Å². The molecule has 0 unspecified atom stereocenters. The summed E-state index contributed by atoms with van der Waals surface area (Å²) in [5.74, 6) is -0.214. The second-order valence-electron chi connectivity index (χ2n) is 9.32. The maximum atomic E-state index is 14.8. The molecule has 2 aliphatic rings. The number of benzene rings is 3. The number of methoxy groups -OCH3 is 1.